The number of aromatic amines is 1. The smallest absolute Gasteiger partial charge is 0.239 e. The highest BCUT2D eigenvalue weighted by Crippen LogP contribution is 2.63. The van der Waals surface area contributed by atoms with Gasteiger partial charge in [-0.1, -0.05) is 19.0 Å². The maximum absolute atomic E-state index is 9.00. The summed E-state index contributed by atoms with van der Waals surface area (Å²) in [5.41, 5.74) is -0.0973. The predicted octanol–water partition coefficient (Wildman–Crippen LogP) is 1.12. The SMILES string of the molecule is CC1(C)C(C#N)C1c1nc(-c2ncn[nH]2)no1. The predicted molar refractivity (Wildman–Crippen MR) is 55.3 cm³/mol. The van der Waals surface area contributed by atoms with E-state index < -0.39 is 0 Å². The van der Waals surface area contributed by atoms with Gasteiger partial charge in [0.15, 0.2) is 5.82 Å². The fourth-order valence-electron chi connectivity index (χ4n) is 2.11. The van der Waals surface area contributed by atoms with Crippen molar-refractivity contribution in [2.24, 2.45) is 11.3 Å². The third-order valence-electron chi connectivity index (χ3n) is 3.30. The summed E-state index contributed by atoms with van der Waals surface area (Å²) in [7, 11) is 0. The first-order chi connectivity index (χ1) is 8.14. The maximum atomic E-state index is 9.00. The van der Waals surface area contributed by atoms with Crippen molar-refractivity contribution >= 4 is 0 Å². The highest BCUT2D eigenvalue weighted by atomic mass is 16.5. The summed E-state index contributed by atoms with van der Waals surface area (Å²) < 4.78 is 5.18. The van der Waals surface area contributed by atoms with E-state index in [1.54, 1.807) is 0 Å². The Balaban J connectivity index is 1.91. The van der Waals surface area contributed by atoms with Crippen LogP contribution in [0.1, 0.15) is 25.7 Å². The van der Waals surface area contributed by atoms with Gasteiger partial charge in [0.25, 0.3) is 0 Å². The zero-order valence-electron chi connectivity index (χ0n) is 9.38. The number of H-pyrrole nitrogens is 1. The summed E-state index contributed by atoms with van der Waals surface area (Å²) in [5.74, 6) is 1.28. The zero-order chi connectivity index (χ0) is 12.0. The molecule has 2 aromatic rings. The Morgan fingerprint density at radius 1 is 1.53 bits per heavy atom. The lowest BCUT2D eigenvalue weighted by Gasteiger charge is -1.94. The van der Waals surface area contributed by atoms with E-state index >= 15 is 0 Å². The fourth-order valence-corrected chi connectivity index (χ4v) is 2.11. The number of aromatic nitrogens is 5. The van der Waals surface area contributed by atoms with Crippen molar-refractivity contribution in [3.8, 4) is 17.7 Å². The van der Waals surface area contributed by atoms with Gasteiger partial charge in [0.1, 0.15) is 6.33 Å². The molecule has 0 radical (unpaired) electrons. The first-order valence-electron chi connectivity index (χ1n) is 5.23. The van der Waals surface area contributed by atoms with E-state index in [0.29, 0.717) is 17.5 Å². The molecule has 0 saturated heterocycles. The summed E-state index contributed by atoms with van der Waals surface area (Å²) in [6, 6.07) is 2.26. The molecule has 17 heavy (non-hydrogen) atoms. The van der Waals surface area contributed by atoms with Gasteiger partial charge in [-0.15, -0.1) is 0 Å². The quantitative estimate of drug-likeness (QED) is 0.828. The average Bonchev–Trinajstić information content (AvgIpc) is 2.79. The number of nitriles is 1. The average molecular weight is 230 g/mol. The molecule has 1 N–H and O–H groups in total. The lowest BCUT2D eigenvalue weighted by Crippen LogP contribution is -1.90. The van der Waals surface area contributed by atoms with E-state index in [0.717, 1.165) is 0 Å². The van der Waals surface area contributed by atoms with Crippen LogP contribution in [0.25, 0.3) is 11.6 Å². The summed E-state index contributed by atoms with van der Waals surface area (Å²) in [6.07, 6.45) is 1.38. The Morgan fingerprint density at radius 3 is 2.94 bits per heavy atom. The lowest BCUT2D eigenvalue weighted by molar-refractivity contribution is 0.368. The fraction of sp³-hybridized carbons (Fsp3) is 0.500. The number of hydrogen-bond donors (Lipinski definition) is 1. The first kappa shape index (κ1) is 9.96. The molecule has 7 nitrogen and oxygen atoms in total. The molecule has 2 aromatic heterocycles. The van der Waals surface area contributed by atoms with E-state index in [1.165, 1.54) is 6.33 Å². The molecule has 1 aliphatic carbocycles. The molecule has 0 aromatic carbocycles. The van der Waals surface area contributed by atoms with E-state index in [9.17, 15) is 0 Å². The Bertz CT molecular complexity index is 578. The Hall–Kier alpha value is -2.23. The van der Waals surface area contributed by atoms with E-state index in [4.69, 9.17) is 9.78 Å². The molecular weight excluding hydrogens is 220 g/mol. The van der Waals surface area contributed by atoms with Gasteiger partial charge in [0, 0.05) is 0 Å². The van der Waals surface area contributed by atoms with Gasteiger partial charge in [0.05, 0.1) is 17.9 Å². The van der Waals surface area contributed by atoms with Crippen LogP contribution in [0.4, 0.5) is 0 Å². The van der Waals surface area contributed by atoms with Crippen LogP contribution >= 0.6 is 0 Å². The third kappa shape index (κ3) is 1.34. The number of hydrogen-bond acceptors (Lipinski definition) is 6. The van der Waals surface area contributed by atoms with Crippen molar-refractivity contribution in [2.75, 3.05) is 0 Å². The van der Waals surface area contributed by atoms with E-state index in [2.05, 4.69) is 31.4 Å². The van der Waals surface area contributed by atoms with Crippen molar-refractivity contribution < 1.29 is 4.52 Å². The number of nitrogens with zero attached hydrogens (tertiary/aromatic N) is 5. The van der Waals surface area contributed by atoms with Crippen molar-refractivity contribution in [1.29, 1.82) is 5.26 Å². The van der Waals surface area contributed by atoms with Gasteiger partial charge in [0.2, 0.25) is 11.7 Å². The Labute approximate surface area is 96.9 Å². The van der Waals surface area contributed by atoms with Crippen LogP contribution < -0.4 is 0 Å². The lowest BCUT2D eigenvalue weighted by atomic mass is 10.1. The van der Waals surface area contributed by atoms with Gasteiger partial charge < -0.3 is 4.52 Å². The summed E-state index contributed by atoms with van der Waals surface area (Å²) in [5, 5.41) is 19.2. The minimum Gasteiger partial charge on any atom is -0.338 e. The molecule has 0 bridgehead atoms. The van der Waals surface area contributed by atoms with Gasteiger partial charge in [-0.2, -0.15) is 15.3 Å². The molecule has 86 valence electrons. The first-order valence-corrected chi connectivity index (χ1v) is 5.23. The van der Waals surface area contributed by atoms with Crippen molar-refractivity contribution in [1.82, 2.24) is 25.3 Å². The monoisotopic (exact) mass is 230 g/mol. The molecule has 3 rings (SSSR count). The van der Waals surface area contributed by atoms with Gasteiger partial charge in [-0.05, 0) is 5.41 Å². The van der Waals surface area contributed by atoms with Crippen molar-refractivity contribution in [3.05, 3.63) is 12.2 Å². The number of rotatable bonds is 2. The van der Waals surface area contributed by atoms with Gasteiger partial charge >= 0.3 is 0 Å². The maximum Gasteiger partial charge on any atom is 0.239 e. The van der Waals surface area contributed by atoms with Gasteiger partial charge in [-0.25, -0.2) is 4.98 Å². The standard InChI is InChI=1S/C10H10N6O/c1-10(2)5(3-11)6(10)9-14-8(16-17-9)7-12-4-13-15-7/h4-6H,1-2H3,(H,12,13,15). The van der Waals surface area contributed by atoms with Crippen LogP contribution in [0.15, 0.2) is 10.9 Å². The molecule has 0 amide bonds. The Morgan fingerprint density at radius 2 is 2.35 bits per heavy atom. The van der Waals surface area contributed by atoms with Crippen LogP contribution in [-0.2, 0) is 0 Å². The summed E-state index contributed by atoms with van der Waals surface area (Å²) >= 11 is 0. The van der Waals surface area contributed by atoms with Crippen molar-refractivity contribution in [3.63, 3.8) is 0 Å². The largest absolute Gasteiger partial charge is 0.338 e. The van der Waals surface area contributed by atoms with E-state index in [1.807, 2.05) is 13.8 Å². The van der Waals surface area contributed by atoms with Crippen LogP contribution in [0.5, 0.6) is 0 Å². The second-order valence-corrected chi connectivity index (χ2v) is 4.70. The molecule has 1 saturated carbocycles. The van der Waals surface area contributed by atoms with E-state index in [-0.39, 0.29) is 17.3 Å². The number of nitrogens with one attached hydrogen (secondary N) is 1. The summed E-state index contributed by atoms with van der Waals surface area (Å²) in [6.45, 7) is 4.04. The minimum absolute atomic E-state index is 0.0108. The third-order valence-corrected chi connectivity index (χ3v) is 3.30. The molecule has 2 unspecified atom stereocenters. The normalized spacial score (nSPS) is 25.5. The van der Waals surface area contributed by atoms with Crippen LogP contribution in [0, 0.1) is 22.7 Å². The second kappa shape index (κ2) is 3.13. The molecule has 7 heteroatoms. The molecule has 0 aliphatic heterocycles. The molecule has 2 heterocycles. The highest BCUT2D eigenvalue weighted by molar-refractivity contribution is 5.41. The van der Waals surface area contributed by atoms with Crippen LogP contribution in [-0.4, -0.2) is 25.3 Å². The zero-order valence-corrected chi connectivity index (χ0v) is 9.38. The van der Waals surface area contributed by atoms with Gasteiger partial charge in [-0.3, -0.25) is 5.10 Å². The molecule has 1 aliphatic rings. The minimum atomic E-state index is -0.0973. The molecular formula is C10H10N6O. The molecule has 2 atom stereocenters. The van der Waals surface area contributed by atoms with Crippen molar-refractivity contribution in [2.45, 2.75) is 19.8 Å². The highest BCUT2D eigenvalue weighted by Gasteiger charge is 2.62. The topological polar surface area (TPSA) is 104 Å². The Kier molecular flexibility index (Phi) is 1.84. The van der Waals surface area contributed by atoms with Crippen LogP contribution in [0.2, 0.25) is 0 Å². The summed E-state index contributed by atoms with van der Waals surface area (Å²) in [4.78, 5) is 8.18. The van der Waals surface area contributed by atoms with Crippen LogP contribution in [0.3, 0.4) is 0 Å². The molecule has 1 fully saturated rings. The molecule has 0 spiro atoms. The second-order valence-electron chi connectivity index (χ2n) is 4.70.